The van der Waals surface area contributed by atoms with Gasteiger partial charge in [-0.2, -0.15) is 0 Å². The van der Waals surface area contributed by atoms with Gasteiger partial charge in [-0.05, 0) is 17.7 Å². The topological polar surface area (TPSA) is 106 Å². The second-order valence-corrected chi connectivity index (χ2v) is 5.53. The van der Waals surface area contributed by atoms with E-state index < -0.39 is 6.04 Å². The first-order chi connectivity index (χ1) is 11.6. The number of methoxy groups -OCH3 is 1. The smallest absolute Gasteiger partial charge is 0.237 e. The van der Waals surface area contributed by atoms with Crippen LogP contribution in [0.2, 0.25) is 0 Å². The summed E-state index contributed by atoms with van der Waals surface area (Å²) in [6.45, 7) is 2.86. The van der Waals surface area contributed by atoms with Gasteiger partial charge in [0.1, 0.15) is 12.4 Å². The van der Waals surface area contributed by atoms with Gasteiger partial charge in [-0.15, -0.1) is 0 Å². The lowest BCUT2D eigenvalue weighted by molar-refractivity contribution is -0.134. The van der Waals surface area contributed by atoms with E-state index in [2.05, 4.69) is 10.7 Å². The maximum atomic E-state index is 12.0. The van der Waals surface area contributed by atoms with Crippen LogP contribution in [0.4, 0.5) is 0 Å². The molecule has 1 heterocycles. The fourth-order valence-electron chi connectivity index (χ4n) is 2.58. The fourth-order valence-corrected chi connectivity index (χ4v) is 2.58. The molecule has 1 fully saturated rings. The van der Waals surface area contributed by atoms with Crippen molar-refractivity contribution in [2.45, 2.75) is 19.0 Å². The number of nitrogens with one attached hydrogen (secondary N) is 2. The van der Waals surface area contributed by atoms with Gasteiger partial charge in [0.25, 0.3) is 0 Å². The molecule has 1 aliphatic rings. The summed E-state index contributed by atoms with van der Waals surface area (Å²) >= 11 is 0. The highest BCUT2D eigenvalue weighted by molar-refractivity contribution is 5.88. The van der Waals surface area contributed by atoms with Gasteiger partial charge in [0.15, 0.2) is 0 Å². The summed E-state index contributed by atoms with van der Waals surface area (Å²) in [6, 6.07) is 7.16. The number of nitrogens with zero attached hydrogens (tertiary/aromatic N) is 1. The largest absolute Gasteiger partial charge is 0.491 e. The minimum atomic E-state index is -0.514. The molecule has 0 radical (unpaired) electrons. The van der Waals surface area contributed by atoms with Gasteiger partial charge in [0.2, 0.25) is 11.8 Å². The van der Waals surface area contributed by atoms with Crippen LogP contribution in [-0.4, -0.2) is 56.2 Å². The molecule has 2 amide bonds. The molecule has 1 saturated heterocycles. The van der Waals surface area contributed by atoms with Crippen molar-refractivity contribution in [1.29, 1.82) is 0 Å². The minimum absolute atomic E-state index is 0.0422. The van der Waals surface area contributed by atoms with Crippen LogP contribution in [0.5, 0.6) is 5.75 Å². The summed E-state index contributed by atoms with van der Waals surface area (Å²) in [5.41, 5.74) is 3.12. The standard InChI is InChI=1S/C16H24N4O4/c1-23-8-9-24-13-4-2-12(3-5-13)11-20-7-6-18-16(22)14(20)10-15(21)19-17/h2-5,14H,6-11,17H2,1H3,(H,18,22)(H,19,21). The Balaban J connectivity index is 1.96. The van der Waals surface area contributed by atoms with Crippen molar-refractivity contribution in [3.63, 3.8) is 0 Å². The van der Waals surface area contributed by atoms with Crippen molar-refractivity contribution in [3.05, 3.63) is 29.8 Å². The van der Waals surface area contributed by atoms with E-state index in [4.69, 9.17) is 15.3 Å². The number of nitrogens with two attached hydrogens (primary N) is 1. The second kappa shape index (κ2) is 9.21. The number of ether oxygens (including phenoxy) is 2. The molecule has 4 N–H and O–H groups in total. The Morgan fingerprint density at radius 1 is 1.38 bits per heavy atom. The molecule has 0 bridgehead atoms. The van der Waals surface area contributed by atoms with Gasteiger partial charge in [-0.3, -0.25) is 19.9 Å². The van der Waals surface area contributed by atoms with Gasteiger partial charge in [0.05, 0.1) is 19.1 Å². The van der Waals surface area contributed by atoms with Crippen LogP contribution < -0.4 is 21.3 Å². The zero-order valence-electron chi connectivity index (χ0n) is 13.8. The highest BCUT2D eigenvalue weighted by atomic mass is 16.5. The lowest BCUT2D eigenvalue weighted by Gasteiger charge is -2.34. The molecule has 0 aliphatic carbocycles. The maximum Gasteiger partial charge on any atom is 0.237 e. The predicted octanol–water partition coefficient (Wildman–Crippen LogP) is -0.608. The Morgan fingerprint density at radius 3 is 2.79 bits per heavy atom. The van der Waals surface area contributed by atoms with Crippen LogP contribution in [0.25, 0.3) is 0 Å². The number of piperazine rings is 1. The normalized spacial score (nSPS) is 18.1. The third-order valence-electron chi connectivity index (χ3n) is 3.85. The highest BCUT2D eigenvalue weighted by Crippen LogP contribution is 2.17. The van der Waals surface area contributed by atoms with Crippen LogP contribution in [-0.2, 0) is 20.9 Å². The lowest BCUT2D eigenvalue weighted by atomic mass is 10.1. The van der Waals surface area contributed by atoms with E-state index in [-0.39, 0.29) is 18.2 Å². The molecule has 1 unspecified atom stereocenters. The van der Waals surface area contributed by atoms with Crippen LogP contribution in [0.15, 0.2) is 24.3 Å². The first kappa shape index (κ1) is 18.2. The summed E-state index contributed by atoms with van der Waals surface area (Å²) in [7, 11) is 1.63. The molecule has 1 aromatic rings. The van der Waals surface area contributed by atoms with Crippen LogP contribution in [0.3, 0.4) is 0 Å². The number of carbonyl (C=O) groups is 2. The van der Waals surface area contributed by atoms with Crippen molar-refractivity contribution in [2.24, 2.45) is 5.84 Å². The van der Waals surface area contributed by atoms with Gasteiger partial charge < -0.3 is 14.8 Å². The Kier molecular flexibility index (Phi) is 6.98. The van der Waals surface area contributed by atoms with Crippen LogP contribution >= 0.6 is 0 Å². The molecular weight excluding hydrogens is 312 g/mol. The van der Waals surface area contributed by atoms with E-state index in [0.717, 1.165) is 11.3 Å². The van der Waals surface area contributed by atoms with E-state index in [1.807, 2.05) is 29.2 Å². The van der Waals surface area contributed by atoms with Crippen molar-refractivity contribution in [2.75, 3.05) is 33.4 Å². The van der Waals surface area contributed by atoms with Crippen molar-refractivity contribution < 1.29 is 19.1 Å². The molecule has 24 heavy (non-hydrogen) atoms. The zero-order valence-corrected chi connectivity index (χ0v) is 13.8. The molecule has 1 aromatic carbocycles. The minimum Gasteiger partial charge on any atom is -0.491 e. The SMILES string of the molecule is COCCOc1ccc(CN2CCNC(=O)C2CC(=O)NN)cc1. The molecule has 2 rings (SSSR count). The third kappa shape index (κ3) is 5.19. The molecule has 0 spiro atoms. The van der Waals surface area contributed by atoms with Gasteiger partial charge >= 0.3 is 0 Å². The molecule has 8 heteroatoms. The van der Waals surface area contributed by atoms with E-state index >= 15 is 0 Å². The van der Waals surface area contributed by atoms with E-state index in [0.29, 0.717) is 32.8 Å². The number of carbonyl (C=O) groups excluding carboxylic acids is 2. The van der Waals surface area contributed by atoms with Crippen LogP contribution in [0.1, 0.15) is 12.0 Å². The zero-order chi connectivity index (χ0) is 17.4. The number of hydrazine groups is 1. The number of hydrogen-bond donors (Lipinski definition) is 3. The van der Waals surface area contributed by atoms with Gasteiger partial charge in [0, 0.05) is 26.7 Å². The average molecular weight is 336 g/mol. The summed E-state index contributed by atoms with van der Waals surface area (Å²) in [4.78, 5) is 25.5. The first-order valence-corrected chi connectivity index (χ1v) is 7.86. The van der Waals surface area contributed by atoms with E-state index in [1.54, 1.807) is 7.11 Å². The molecule has 0 aromatic heterocycles. The van der Waals surface area contributed by atoms with Gasteiger partial charge in [-0.25, -0.2) is 5.84 Å². The summed E-state index contributed by atoms with van der Waals surface area (Å²) in [5, 5.41) is 2.78. The second-order valence-electron chi connectivity index (χ2n) is 5.53. The predicted molar refractivity (Wildman–Crippen MR) is 88.0 cm³/mol. The lowest BCUT2D eigenvalue weighted by Crippen LogP contribution is -2.56. The van der Waals surface area contributed by atoms with E-state index in [9.17, 15) is 9.59 Å². The Hall–Kier alpha value is -2.16. The van der Waals surface area contributed by atoms with Crippen molar-refractivity contribution in [1.82, 2.24) is 15.6 Å². The van der Waals surface area contributed by atoms with E-state index in [1.165, 1.54) is 0 Å². The molecule has 1 atom stereocenters. The molecule has 1 aliphatic heterocycles. The molecule has 8 nitrogen and oxygen atoms in total. The summed E-state index contributed by atoms with van der Waals surface area (Å²) in [6.07, 6.45) is 0.0422. The highest BCUT2D eigenvalue weighted by Gasteiger charge is 2.31. The first-order valence-electron chi connectivity index (χ1n) is 7.86. The van der Waals surface area contributed by atoms with Crippen molar-refractivity contribution >= 4 is 11.8 Å². The number of amides is 2. The van der Waals surface area contributed by atoms with Crippen molar-refractivity contribution in [3.8, 4) is 5.75 Å². The number of rotatable bonds is 8. The Bertz CT molecular complexity index is 550. The summed E-state index contributed by atoms with van der Waals surface area (Å²) < 4.78 is 10.5. The maximum absolute atomic E-state index is 12.0. The number of benzene rings is 1. The Labute approximate surface area is 141 Å². The quantitative estimate of drug-likeness (QED) is 0.253. The number of hydrogen-bond acceptors (Lipinski definition) is 6. The summed E-state index contributed by atoms with van der Waals surface area (Å²) in [5.74, 6) is 5.39. The molecular formula is C16H24N4O4. The van der Waals surface area contributed by atoms with Crippen LogP contribution in [0, 0.1) is 0 Å². The third-order valence-corrected chi connectivity index (χ3v) is 3.85. The van der Waals surface area contributed by atoms with Gasteiger partial charge in [-0.1, -0.05) is 12.1 Å². The Morgan fingerprint density at radius 2 is 2.12 bits per heavy atom. The monoisotopic (exact) mass is 336 g/mol. The molecule has 132 valence electrons. The average Bonchev–Trinajstić information content (AvgIpc) is 2.59. The fraction of sp³-hybridized carbons (Fsp3) is 0.500. The molecule has 0 saturated carbocycles.